The lowest BCUT2D eigenvalue weighted by Gasteiger charge is -2.35. The number of rotatable bonds is 6. The van der Waals surface area contributed by atoms with Crippen LogP contribution in [-0.4, -0.2) is 10.2 Å². The Bertz CT molecular complexity index is 1450. The fraction of sp³-hybridized carbons (Fsp3) is 0.200. The van der Waals surface area contributed by atoms with Crippen LogP contribution in [0.5, 0.6) is 11.5 Å². The van der Waals surface area contributed by atoms with E-state index in [-0.39, 0.29) is 0 Å². The number of allylic oxidation sites excluding steroid dienone is 2. The number of hydrogen-bond acceptors (Lipinski definition) is 2. The molecule has 4 aromatic carbocycles. The third kappa shape index (κ3) is 3.88. The van der Waals surface area contributed by atoms with Gasteiger partial charge in [-0.05, 0) is 96.2 Å². The van der Waals surface area contributed by atoms with Gasteiger partial charge in [-0.25, -0.2) is 0 Å². The summed E-state index contributed by atoms with van der Waals surface area (Å²) in [7, 11) is 0. The van der Waals surface area contributed by atoms with Gasteiger partial charge >= 0.3 is 0 Å². The highest BCUT2D eigenvalue weighted by molar-refractivity contribution is 5.86. The van der Waals surface area contributed by atoms with E-state index in [1.54, 1.807) is 0 Å². The topological polar surface area (TPSA) is 40.5 Å². The Hall–Kier alpha value is -4.04. The van der Waals surface area contributed by atoms with Crippen LogP contribution in [0, 0.1) is 13.8 Å². The van der Waals surface area contributed by atoms with Gasteiger partial charge in [0.15, 0.2) is 0 Å². The van der Waals surface area contributed by atoms with E-state index < -0.39 is 5.41 Å². The van der Waals surface area contributed by atoms with Gasteiger partial charge in [0.2, 0.25) is 0 Å². The Balaban J connectivity index is 1.95. The summed E-state index contributed by atoms with van der Waals surface area (Å²) < 4.78 is 0. The lowest BCUT2D eigenvalue weighted by molar-refractivity contribution is 0.464. The van der Waals surface area contributed by atoms with Crippen molar-refractivity contribution in [3.05, 3.63) is 142 Å². The van der Waals surface area contributed by atoms with Crippen molar-refractivity contribution in [1.82, 2.24) is 0 Å². The molecule has 186 valence electrons. The monoisotopic (exact) mass is 486 g/mol. The van der Waals surface area contributed by atoms with Gasteiger partial charge in [-0.3, -0.25) is 0 Å². The minimum atomic E-state index is -0.613. The molecule has 0 atom stereocenters. The van der Waals surface area contributed by atoms with Gasteiger partial charge in [-0.2, -0.15) is 0 Å². The molecule has 0 fully saturated rings. The van der Waals surface area contributed by atoms with Crippen molar-refractivity contribution >= 4 is 0 Å². The minimum absolute atomic E-state index is 0.325. The first-order valence-electron chi connectivity index (χ1n) is 12.8. The zero-order chi connectivity index (χ0) is 26.5. The number of fused-ring (bicyclic) bond motifs is 3. The molecule has 0 heterocycles. The first-order chi connectivity index (χ1) is 17.6. The van der Waals surface area contributed by atoms with E-state index in [0.29, 0.717) is 24.3 Å². The normalized spacial score (nSPS) is 13.2. The first kappa shape index (κ1) is 24.6. The van der Waals surface area contributed by atoms with Crippen LogP contribution in [0.2, 0.25) is 0 Å². The third-order valence-corrected chi connectivity index (χ3v) is 7.56. The molecule has 0 spiro atoms. The lowest BCUT2D eigenvalue weighted by atomic mass is 9.66. The summed E-state index contributed by atoms with van der Waals surface area (Å²) in [6.45, 7) is 16.1. The maximum Gasteiger partial charge on any atom is 0.122 e. The predicted molar refractivity (Wildman–Crippen MR) is 154 cm³/mol. The lowest BCUT2D eigenvalue weighted by Crippen LogP contribution is -2.29. The molecular formula is C35H34O2. The van der Waals surface area contributed by atoms with Crippen LogP contribution in [0.1, 0.15) is 58.4 Å². The van der Waals surface area contributed by atoms with Crippen LogP contribution in [0.25, 0.3) is 11.1 Å². The van der Waals surface area contributed by atoms with E-state index >= 15 is 0 Å². The van der Waals surface area contributed by atoms with E-state index in [4.69, 9.17) is 0 Å². The van der Waals surface area contributed by atoms with Crippen molar-refractivity contribution < 1.29 is 10.2 Å². The maximum absolute atomic E-state index is 11.0. The molecule has 0 saturated heterocycles. The summed E-state index contributed by atoms with van der Waals surface area (Å²) >= 11 is 0. The minimum Gasteiger partial charge on any atom is -0.507 e. The number of hydrogen-bond donors (Lipinski definition) is 2. The average Bonchev–Trinajstić information content (AvgIpc) is 3.15. The van der Waals surface area contributed by atoms with Crippen molar-refractivity contribution in [3.8, 4) is 22.6 Å². The highest BCUT2D eigenvalue weighted by Gasteiger charge is 2.46. The molecule has 0 saturated carbocycles. The van der Waals surface area contributed by atoms with Gasteiger partial charge in [0.05, 0.1) is 5.41 Å². The summed E-state index contributed by atoms with van der Waals surface area (Å²) in [4.78, 5) is 0. The predicted octanol–water partition coefficient (Wildman–Crippen LogP) is 8.31. The molecule has 0 bridgehead atoms. The summed E-state index contributed by atoms with van der Waals surface area (Å²) in [6.07, 6.45) is 1.21. The third-order valence-electron chi connectivity index (χ3n) is 7.56. The largest absolute Gasteiger partial charge is 0.507 e. The molecule has 1 aliphatic rings. The van der Waals surface area contributed by atoms with Crippen LogP contribution < -0.4 is 0 Å². The van der Waals surface area contributed by atoms with Crippen LogP contribution in [-0.2, 0) is 18.3 Å². The second-order valence-corrected chi connectivity index (χ2v) is 10.7. The van der Waals surface area contributed by atoms with Crippen molar-refractivity contribution in [2.75, 3.05) is 0 Å². The van der Waals surface area contributed by atoms with Crippen LogP contribution >= 0.6 is 0 Å². The molecule has 2 nitrogen and oxygen atoms in total. The second kappa shape index (κ2) is 9.12. The van der Waals surface area contributed by atoms with Crippen LogP contribution in [0.3, 0.4) is 0 Å². The van der Waals surface area contributed by atoms with Crippen molar-refractivity contribution in [2.24, 2.45) is 0 Å². The SMILES string of the molecule is C=C(C)Cc1cc(C2(c3cc(C)c(O)c(CC(=C)C)c3)c3ccccc3-c3ccccc32)cc(C)c1O. The molecule has 1 aliphatic carbocycles. The molecule has 0 radical (unpaired) electrons. The molecule has 37 heavy (non-hydrogen) atoms. The average molecular weight is 487 g/mol. The van der Waals surface area contributed by atoms with E-state index in [1.165, 1.54) is 22.3 Å². The fourth-order valence-electron chi connectivity index (χ4n) is 6.08. The maximum atomic E-state index is 11.0. The van der Waals surface area contributed by atoms with E-state index in [1.807, 2.05) is 27.7 Å². The number of phenolic OH excluding ortho intramolecular Hbond substituents is 2. The zero-order valence-electron chi connectivity index (χ0n) is 22.2. The number of aromatic hydroxyl groups is 2. The molecule has 2 N–H and O–H groups in total. The van der Waals surface area contributed by atoms with Crippen molar-refractivity contribution in [1.29, 1.82) is 0 Å². The molecule has 0 amide bonds. The zero-order valence-corrected chi connectivity index (χ0v) is 22.2. The molecule has 0 aromatic heterocycles. The summed E-state index contributed by atoms with van der Waals surface area (Å²) in [6, 6.07) is 25.8. The summed E-state index contributed by atoms with van der Waals surface area (Å²) in [5, 5.41) is 22.0. The second-order valence-electron chi connectivity index (χ2n) is 10.7. The Morgan fingerprint density at radius 2 is 1.03 bits per heavy atom. The van der Waals surface area contributed by atoms with Crippen LogP contribution in [0.4, 0.5) is 0 Å². The van der Waals surface area contributed by atoms with Gasteiger partial charge in [-0.15, -0.1) is 0 Å². The van der Waals surface area contributed by atoms with Gasteiger partial charge in [0.25, 0.3) is 0 Å². The van der Waals surface area contributed by atoms with Crippen LogP contribution in [0.15, 0.2) is 97.1 Å². The Labute approximate surface area is 220 Å². The molecular weight excluding hydrogens is 452 g/mol. The standard InChI is InChI=1S/C35H34O2/c1-21(2)15-25-19-27(17-23(5)33(25)36)35(28-18-24(6)34(37)26(20-28)16-22(3)4)31-13-9-7-11-29(31)30-12-8-10-14-32(30)35/h7-14,17-20,36-37H,1,3,15-16H2,2,4-6H3. The highest BCUT2D eigenvalue weighted by Crippen LogP contribution is 2.57. The van der Waals surface area contributed by atoms with Gasteiger partial charge in [0, 0.05) is 0 Å². The number of aryl methyl sites for hydroxylation is 2. The highest BCUT2D eigenvalue weighted by atomic mass is 16.3. The molecule has 0 aliphatic heterocycles. The van der Waals surface area contributed by atoms with E-state index in [2.05, 4.69) is 86.0 Å². The van der Waals surface area contributed by atoms with Gasteiger partial charge in [-0.1, -0.05) is 97.1 Å². The Morgan fingerprint density at radius 1 is 0.649 bits per heavy atom. The number of phenols is 2. The molecule has 4 aromatic rings. The summed E-state index contributed by atoms with van der Waals surface area (Å²) in [5.41, 5.74) is 11.8. The van der Waals surface area contributed by atoms with E-state index in [0.717, 1.165) is 44.5 Å². The van der Waals surface area contributed by atoms with E-state index in [9.17, 15) is 10.2 Å². The Morgan fingerprint density at radius 3 is 1.41 bits per heavy atom. The molecule has 5 rings (SSSR count). The molecule has 0 unspecified atom stereocenters. The fourth-order valence-corrected chi connectivity index (χ4v) is 6.08. The van der Waals surface area contributed by atoms with Crippen molar-refractivity contribution in [3.63, 3.8) is 0 Å². The summed E-state index contributed by atoms with van der Waals surface area (Å²) in [5.74, 6) is 0.651. The van der Waals surface area contributed by atoms with Crippen molar-refractivity contribution in [2.45, 2.75) is 46.0 Å². The smallest absolute Gasteiger partial charge is 0.122 e. The first-order valence-corrected chi connectivity index (χ1v) is 12.8. The Kier molecular flexibility index (Phi) is 6.07. The molecule has 2 heteroatoms. The van der Waals surface area contributed by atoms with Gasteiger partial charge in [0.1, 0.15) is 11.5 Å². The number of benzene rings is 4. The van der Waals surface area contributed by atoms with Gasteiger partial charge < -0.3 is 10.2 Å². The quantitative estimate of drug-likeness (QED) is 0.237.